The topological polar surface area (TPSA) is 64.4 Å². The van der Waals surface area contributed by atoms with Crippen molar-refractivity contribution in [1.82, 2.24) is 4.98 Å². The lowest BCUT2D eigenvalue weighted by atomic mass is 10.2. The zero-order valence-corrected chi connectivity index (χ0v) is 11.7. The Kier molecular flexibility index (Phi) is 3.31. The average Bonchev–Trinajstić information content (AvgIpc) is 2.88. The molecule has 0 radical (unpaired) electrons. The molecule has 21 heavy (non-hydrogen) atoms. The van der Waals surface area contributed by atoms with Crippen molar-refractivity contribution < 1.29 is 13.9 Å². The summed E-state index contributed by atoms with van der Waals surface area (Å²) in [5, 5.41) is 3.56. The van der Waals surface area contributed by atoms with E-state index in [9.17, 15) is 4.79 Å². The van der Waals surface area contributed by atoms with Crippen LogP contribution >= 0.6 is 0 Å². The van der Waals surface area contributed by atoms with E-state index < -0.39 is 0 Å². The number of hydrogen-bond donors (Lipinski definition) is 1. The zero-order chi connectivity index (χ0) is 14.8. The summed E-state index contributed by atoms with van der Waals surface area (Å²) < 4.78 is 10.9. The van der Waals surface area contributed by atoms with Crippen LogP contribution in [-0.2, 0) is 0 Å². The number of methoxy groups -OCH3 is 1. The monoisotopic (exact) mass is 282 g/mol. The minimum atomic E-state index is -0.362. The van der Waals surface area contributed by atoms with E-state index in [-0.39, 0.29) is 11.7 Å². The summed E-state index contributed by atoms with van der Waals surface area (Å²) in [6, 6.07) is 10.9. The van der Waals surface area contributed by atoms with Gasteiger partial charge in [0.15, 0.2) is 5.75 Å². The van der Waals surface area contributed by atoms with Gasteiger partial charge >= 0.3 is 0 Å². The maximum absolute atomic E-state index is 12.4. The van der Waals surface area contributed by atoms with Crippen molar-refractivity contribution in [3.05, 3.63) is 54.0 Å². The predicted octanol–water partition coefficient (Wildman–Crippen LogP) is 3.40. The molecule has 0 atom stereocenters. The van der Waals surface area contributed by atoms with Gasteiger partial charge in [0, 0.05) is 6.20 Å². The van der Waals surface area contributed by atoms with Crippen molar-refractivity contribution in [3.63, 3.8) is 0 Å². The highest BCUT2D eigenvalue weighted by atomic mass is 16.5. The van der Waals surface area contributed by atoms with Gasteiger partial charge in [-0.3, -0.25) is 9.78 Å². The van der Waals surface area contributed by atoms with Crippen LogP contribution in [0.4, 0.5) is 5.69 Å². The molecule has 5 nitrogen and oxygen atoms in total. The van der Waals surface area contributed by atoms with Crippen LogP contribution in [0.25, 0.3) is 11.0 Å². The smallest absolute Gasteiger partial charge is 0.295 e. The number of nitrogens with zero attached hydrogens (tertiary/aromatic N) is 1. The zero-order valence-electron chi connectivity index (χ0n) is 11.7. The Balaban J connectivity index is 2.00. The van der Waals surface area contributed by atoms with Crippen molar-refractivity contribution in [2.24, 2.45) is 0 Å². The van der Waals surface area contributed by atoms with Crippen LogP contribution in [0.3, 0.4) is 0 Å². The minimum Gasteiger partial charge on any atom is -0.492 e. The molecule has 0 saturated heterocycles. The second-order valence-corrected chi connectivity index (χ2v) is 4.55. The summed E-state index contributed by atoms with van der Waals surface area (Å²) in [5.41, 5.74) is 1.99. The molecule has 0 aliphatic heterocycles. The van der Waals surface area contributed by atoms with Crippen molar-refractivity contribution in [2.45, 2.75) is 6.92 Å². The first-order valence-electron chi connectivity index (χ1n) is 6.49. The second kappa shape index (κ2) is 5.28. The van der Waals surface area contributed by atoms with Crippen LogP contribution < -0.4 is 10.1 Å². The number of aromatic nitrogens is 1. The lowest BCUT2D eigenvalue weighted by Gasteiger charge is -2.06. The number of amides is 1. The van der Waals surface area contributed by atoms with Gasteiger partial charge in [0.2, 0.25) is 5.76 Å². The summed E-state index contributed by atoms with van der Waals surface area (Å²) >= 11 is 0. The molecule has 1 N–H and O–H groups in total. The first kappa shape index (κ1) is 13.2. The largest absolute Gasteiger partial charge is 0.492 e. The molecule has 0 aliphatic rings. The highest BCUT2D eigenvalue weighted by molar-refractivity contribution is 6.08. The number of carbonyl (C=O) groups excluding carboxylic acids is 1. The summed E-state index contributed by atoms with van der Waals surface area (Å²) in [7, 11) is 1.52. The number of rotatable bonds is 3. The van der Waals surface area contributed by atoms with Crippen LogP contribution in [0.15, 0.2) is 47.0 Å². The minimum absolute atomic E-state index is 0.155. The maximum atomic E-state index is 12.4. The Morgan fingerprint density at radius 2 is 2.05 bits per heavy atom. The van der Waals surface area contributed by atoms with E-state index in [0.29, 0.717) is 17.0 Å². The number of benzene rings is 1. The third kappa shape index (κ3) is 2.33. The first-order valence-corrected chi connectivity index (χ1v) is 6.49. The van der Waals surface area contributed by atoms with Crippen molar-refractivity contribution >= 4 is 22.6 Å². The second-order valence-electron chi connectivity index (χ2n) is 4.55. The van der Waals surface area contributed by atoms with E-state index in [1.807, 2.05) is 25.1 Å². The molecule has 1 amide bonds. The third-order valence-corrected chi connectivity index (χ3v) is 3.22. The first-order chi connectivity index (χ1) is 10.2. The molecule has 106 valence electrons. The number of hydrogen-bond acceptors (Lipinski definition) is 4. The molecule has 3 rings (SSSR count). The maximum Gasteiger partial charge on any atom is 0.295 e. The number of furan rings is 1. The number of para-hydroxylation sites is 1. The van der Waals surface area contributed by atoms with Gasteiger partial charge in [-0.1, -0.05) is 12.1 Å². The van der Waals surface area contributed by atoms with E-state index >= 15 is 0 Å². The van der Waals surface area contributed by atoms with Crippen LogP contribution in [-0.4, -0.2) is 18.0 Å². The number of nitrogens with one attached hydrogen (secondary N) is 1. The van der Waals surface area contributed by atoms with Gasteiger partial charge in [-0.25, -0.2) is 0 Å². The Hall–Kier alpha value is -2.82. The molecule has 0 fully saturated rings. The van der Waals surface area contributed by atoms with Crippen LogP contribution in [0, 0.1) is 6.92 Å². The van der Waals surface area contributed by atoms with Gasteiger partial charge < -0.3 is 14.5 Å². The fourth-order valence-corrected chi connectivity index (χ4v) is 2.17. The van der Waals surface area contributed by atoms with Gasteiger partial charge in [-0.2, -0.15) is 0 Å². The molecule has 0 unspecified atom stereocenters. The third-order valence-electron chi connectivity index (χ3n) is 3.22. The van der Waals surface area contributed by atoms with Crippen molar-refractivity contribution in [3.8, 4) is 5.75 Å². The van der Waals surface area contributed by atoms with E-state index in [1.165, 1.54) is 7.11 Å². The number of fused-ring (bicyclic) bond motifs is 1. The highest BCUT2D eigenvalue weighted by Gasteiger charge is 2.21. The molecule has 0 aliphatic carbocycles. The predicted molar refractivity (Wildman–Crippen MR) is 79.7 cm³/mol. The number of pyridine rings is 1. The standard InChI is InChI=1S/C16H14N2O3/c1-10-12(7-5-9-17-10)18-16(19)15-14(20-2)11-6-3-4-8-13(11)21-15/h3-9H,1-2H3,(H,18,19). The Bertz CT molecular complexity index is 808. The lowest BCUT2D eigenvalue weighted by Crippen LogP contribution is -2.13. The summed E-state index contributed by atoms with van der Waals surface area (Å²) in [6.45, 7) is 1.82. The molecule has 0 bridgehead atoms. The van der Waals surface area contributed by atoms with Crippen LogP contribution in [0.5, 0.6) is 5.75 Å². The molecule has 0 spiro atoms. The van der Waals surface area contributed by atoms with Crippen molar-refractivity contribution in [1.29, 1.82) is 0 Å². The van der Waals surface area contributed by atoms with Gasteiger partial charge in [-0.15, -0.1) is 0 Å². The van der Waals surface area contributed by atoms with Gasteiger partial charge in [0.1, 0.15) is 5.58 Å². The average molecular weight is 282 g/mol. The highest BCUT2D eigenvalue weighted by Crippen LogP contribution is 2.33. The normalized spacial score (nSPS) is 10.6. The molecule has 2 aromatic heterocycles. The fraction of sp³-hybridized carbons (Fsp3) is 0.125. The van der Waals surface area contributed by atoms with Crippen LogP contribution in [0.1, 0.15) is 16.2 Å². The summed E-state index contributed by atoms with van der Waals surface area (Å²) in [5.74, 6) is 0.228. The fourth-order valence-electron chi connectivity index (χ4n) is 2.17. The van der Waals surface area contributed by atoms with E-state index in [0.717, 1.165) is 11.1 Å². The molecule has 2 heterocycles. The number of anilines is 1. The van der Waals surface area contributed by atoms with Crippen LogP contribution in [0.2, 0.25) is 0 Å². The summed E-state index contributed by atoms with van der Waals surface area (Å²) in [4.78, 5) is 16.5. The Morgan fingerprint density at radius 3 is 2.81 bits per heavy atom. The quantitative estimate of drug-likeness (QED) is 0.799. The molecule has 5 heteroatoms. The molecule has 3 aromatic rings. The van der Waals surface area contributed by atoms with Gasteiger partial charge in [0.05, 0.1) is 23.9 Å². The Morgan fingerprint density at radius 1 is 1.24 bits per heavy atom. The molecular formula is C16H14N2O3. The molecule has 0 saturated carbocycles. The molecular weight excluding hydrogens is 268 g/mol. The van der Waals surface area contributed by atoms with E-state index in [1.54, 1.807) is 24.4 Å². The summed E-state index contributed by atoms with van der Waals surface area (Å²) in [6.07, 6.45) is 1.67. The van der Waals surface area contributed by atoms with Gasteiger partial charge in [0.25, 0.3) is 5.91 Å². The van der Waals surface area contributed by atoms with E-state index in [2.05, 4.69) is 10.3 Å². The van der Waals surface area contributed by atoms with Crippen molar-refractivity contribution in [2.75, 3.05) is 12.4 Å². The SMILES string of the molecule is COc1c(C(=O)Nc2cccnc2C)oc2ccccc12. The number of carbonyl (C=O) groups is 1. The molecule has 1 aromatic carbocycles. The number of ether oxygens (including phenoxy) is 1. The number of aryl methyl sites for hydroxylation is 1. The lowest BCUT2D eigenvalue weighted by molar-refractivity contribution is 0.0994. The van der Waals surface area contributed by atoms with Gasteiger partial charge in [-0.05, 0) is 31.2 Å². The van der Waals surface area contributed by atoms with E-state index in [4.69, 9.17) is 9.15 Å². The Labute approximate surface area is 121 Å².